The van der Waals surface area contributed by atoms with Gasteiger partial charge in [-0.2, -0.15) is 0 Å². The number of likely N-dealkylation sites (tertiary alicyclic amines) is 1. The van der Waals surface area contributed by atoms with Crippen LogP contribution < -0.4 is 11.1 Å². The van der Waals surface area contributed by atoms with Crippen LogP contribution in [0.1, 0.15) is 48.7 Å². The molecule has 7 heteroatoms. The molecule has 0 spiro atoms. The van der Waals surface area contributed by atoms with Gasteiger partial charge in [-0.1, -0.05) is 6.92 Å². The first-order chi connectivity index (χ1) is 12.0. The Morgan fingerprint density at radius 3 is 2.92 bits per heavy atom. The number of nitrogens with one attached hydrogen (secondary N) is 1. The maximum absolute atomic E-state index is 11.2. The van der Waals surface area contributed by atoms with Crippen molar-refractivity contribution in [2.24, 2.45) is 16.6 Å². The third-order valence-corrected chi connectivity index (χ3v) is 5.58. The standard InChI is InChI=1S/C18H31N5OS/c1-4-15-13(3)25-17(22-15)8-9-21-18(20-5-2)23-10-6-7-14(12-23)11-16(19)24/h14H,4-12H2,1-3H3,(H2,19,24)(H,20,21). The molecule has 1 amide bonds. The molecule has 1 aromatic rings. The first-order valence-corrected chi connectivity index (χ1v) is 10.1. The molecule has 1 unspecified atom stereocenters. The molecule has 0 aliphatic carbocycles. The zero-order valence-electron chi connectivity index (χ0n) is 15.7. The molecule has 6 nitrogen and oxygen atoms in total. The fourth-order valence-electron chi connectivity index (χ4n) is 3.31. The van der Waals surface area contributed by atoms with E-state index < -0.39 is 0 Å². The van der Waals surface area contributed by atoms with E-state index >= 15 is 0 Å². The van der Waals surface area contributed by atoms with Crippen molar-refractivity contribution < 1.29 is 4.79 Å². The lowest BCUT2D eigenvalue weighted by molar-refractivity contribution is -0.119. The van der Waals surface area contributed by atoms with Crippen molar-refractivity contribution in [3.8, 4) is 0 Å². The Bertz CT molecular complexity index is 598. The Kier molecular flexibility index (Phi) is 7.68. The molecule has 0 bridgehead atoms. The first kappa shape index (κ1) is 19.7. The average molecular weight is 366 g/mol. The van der Waals surface area contributed by atoms with Gasteiger partial charge in [0.05, 0.1) is 10.7 Å². The molecular formula is C18H31N5OS. The maximum atomic E-state index is 11.2. The molecule has 0 radical (unpaired) electrons. The summed E-state index contributed by atoms with van der Waals surface area (Å²) in [6, 6.07) is 0. The van der Waals surface area contributed by atoms with Gasteiger partial charge in [0.25, 0.3) is 0 Å². The van der Waals surface area contributed by atoms with Gasteiger partial charge in [-0.15, -0.1) is 11.3 Å². The normalized spacial score (nSPS) is 18.4. The lowest BCUT2D eigenvalue weighted by atomic mass is 9.95. The predicted molar refractivity (Wildman–Crippen MR) is 104 cm³/mol. The summed E-state index contributed by atoms with van der Waals surface area (Å²) in [6.07, 6.45) is 4.47. The average Bonchev–Trinajstić information content (AvgIpc) is 2.93. The minimum atomic E-state index is -0.209. The summed E-state index contributed by atoms with van der Waals surface area (Å²) >= 11 is 1.78. The monoisotopic (exact) mass is 365 g/mol. The topological polar surface area (TPSA) is 83.6 Å². The van der Waals surface area contributed by atoms with E-state index in [1.165, 1.54) is 15.6 Å². The van der Waals surface area contributed by atoms with Gasteiger partial charge >= 0.3 is 0 Å². The molecule has 1 fully saturated rings. The Balaban J connectivity index is 1.95. The van der Waals surface area contributed by atoms with Crippen LogP contribution in [0.2, 0.25) is 0 Å². The highest BCUT2D eigenvalue weighted by atomic mass is 32.1. The van der Waals surface area contributed by atoms with Crippen LogP contribution in [-0.2, 0) is 17.6 Å². The van der Waals surface area contributed by atoms with E-state index in [-0.39, 0.29) is 5.91 Å². The summed E-state index contributed by atoms with van der Waals surface area (Å²) in [7, 11) is 0. The molecule has 140 valence electrons. The largest absolute Gasteiger partial charge is 0.370 e. The van der Waals surface area contributed by atoms with Crippen molar-refractivity contribution in [3.05, 3.63) is 15.6 Å². The minimum Gasteiger partial charge on any atom is -0.370 e. The number of hydrogen-bond donors (Lipinski definition) is 2. The smallest absolute Gasteiger partial charge is 0.217 e. The van der Waals surface area contributed by atoms with Crippen molar-refractivity contribution in [2.75, 3.05) is 26.2 Å². The number of hydrogen-bond acceptors (Lipinski definition) is 4. The Labute approximate surface area is 154 Å². The number of thiazole rings is 1. The Morgan fingerprint density at radius 2 is 2.28 bits per heavy atom. The van der Waals surface area contributed by atoms with E-state index in [1.54, 1.807) is 11.3 Å². The van der Waals surface area contributed by atoms with Crippen molar-refractivity contribution >= 4 is 23.2 Å². The molecule has 1 aliphatic rings. The number of nitrogens with zero attached hydrogens (tertiary/aromatic N) is 3. The van der Waals surface area contributed by atoms with E-state index in [1.807, 2.05) is 0 Å². The summed E-state index contributed by atoms with van der Waals surface area (Å²) in [4.78, 5) is 24.3. The molecule has 0 aromatic carbocycles. The second-order valence-corrected chi connectivity index (χ2v) is 7.86. The van der Waals surface area contributed by atoms with Crippen LogP contribution in [0.15, 0.2) is 4.99 Å². The number of piperidine rings is 1. The molecule has 1 atom stereocenters. The van der Waals surface area contributed by atoms with Crippen molar-refractivity contribution in [2.45, 2.75) is 52.9 Å². The third-order valence-electron chi connectivity index (χ3n) is 4.50. The van der Waals surface area contributed by atoms with Gasteiger partial charge < -0.3 is 16.0 Å². The highest BCUT2D eigenvalue weighted by molar-refractivity contribution is 7.11. The molecule has 2 heterocycles. The number of guanidine groups is 1. The number of aromatic nitrogens is 1. The minimum absolute atomic E-state index is 0.209. The summed E-state index contributed by atoms with van der Waals surface area (Å²) in [5, 5.41) is 4.55. The van der Waals surface area contributed by atoms with Gasteiger partial charge in [0.15, 0.2) is 5.96 Å². The van der Waals surface area contributed by atoms with Crippen LogP contribution in [-0.4, -0.2) is 47.9 Å². The molecule has 3 N–H and O–H groups in total. The van der Waals surface area contributed by atoms with Crippen LogP contribution in [0.5, 0.6) is 0 Å². The number of aliphatic imine (C=N–C) groups is 1. The number of carbonyl (C=O) groups excluding carboxylic acids is 1. The summed E-state index contributed by atoms with van der Waals surface area (Å²) in [6.45, 7) is 9.77. The van der Waals surface area contributed by atoms with E-state index in [4.69, 9.17) is 15.7 Å². The summed E-state index contributed by atoms with van der Waals surface area (Å²) < 4.78 is 0. The maximum Gasteiger partial charge on any atom is 0.217 e. The second-order valence-electron chi connectivity index (χ2n) is 6.57. The van der Waals surface area contributed by atoms with E-state index in [2.05, 4.69) is 31.0 Å². The molecule has 25 heavy (non-hydrogen) atoms. The van der Waals surface area contributed by atoms with Crippen LogP contribution in [0, 0.1) is 12.8 Å². The van der Waals surface area contributed by atoms with E-state index in [9.17, 15) is 4.79 Å². The predicted octanol–water partition coefficient (Wildman–Crippen LogP) is 2.11. The van der Waals surface area contributed by atoms with Crippen molar-refractivity contribution in [3.63, 3.8) is 0 Å². The van der Waals surface area contributed by atoms with Gasteiger partial charge in [0.2, 0.25) is 5.91 Å². The number of rotatable bonds is 7. The van der Waals surface area contributed by atoms with Crippen LogP contribution >= 0.6 is 11.3 Å². The number of amides is 1. The summed E-state index contributed by atoms with van der Waals surface area (Å²) in [5.74, 6) is 1.07. The fraction of sp³-hybridized carbons (Fsp3) is 0.722. The van der Waals surface area contributed by atoms with Gasteiger partial charge in [0, 0.05) is 43.9 Å². The SMILES string of the molecule is CCNC(=NCCc1nc(CC)c(C)s1)N1CCCC(CC(N)=O)C1. The quantitative estimate of drug-likeness (QED) is 0.573. The zero-order chi connectivity index (χ0) is 18.2. The lowest BCUT2D eigenvalue weighted by Crippen LogP contribution is -2.47. The Hall–Kier alpha value is -1.63. The second kappa shape index (κ2) is 9.75. The van der Waals surface area contributed by atoms with Gasteiger partial charge in [-0.3, -0.25) is 9.79 Å². The van der Waals surface area contributed by atoms with Crippen LogP contribution in [0.3, 0.4) is 0 Å². The molecule has 1 aliphatic heterocycles. The summed E-state index contributed by atoms with van der Waals surface area (Å²) in [5.41, 5.74) is 6.57. The van der Waals surface area contributed by atoms with Gasteiger partial charge in [0.1, 0.15) is 0 Å². The Morgan fingerprint density at radius 1 is 1.48 bits per heavy atom. The molecule has 2 rings (SSSR count). The van der Waals surface area contributed by atoms with E-state index in [0.29, 0.717) is 12.3 Å². The van der Waals surface area contributed by atoms with Crippen molar-refractivity contribution in [1.82, 2.24) is 15.2 Å². The van der Waals surface area contributed by atoms with Crippen LogP contribution in [0.25, 0.3) is 0 Å². The van der Waals surface area contributed by atoms with Gasteiger partial charge in [-0.25, -0.2) is 4.98 Å². The molecule has 1 saturated heterocycles. The fourth-order valence-corrected chi connectivity index (χ4v) is 4.32. The van der Waals surface area contributed by atoms with E-state index in [0.717, 1.165) is 57.8 Å². The number of aryl methyl sites for hydroxylation is 2. The molecule has 1 aromatic heterocycles. The highest BCUT2D eigenvalue weighted by Gasteiger charge is 2.23. The molecule has 0 saturated carbocycles. The van der Waals surface area contributed by atoms with Crippen LogP contribution in [0.4, 0.5) is 0 Å². The molecular weight excluding hydrogens is 334 g/mol. The highest BCUT2D eigenvalue weighted by Crippen LogP contribution is 2.20. The first-order valence-electron chi connectivity index (χ1n) is 9.30. The number of carbonyl (C=O) groups is 1. The van der Waals surface area contributed by atoms with Gasteiger partial charge in [-0.05, 0) is 39.0 Å². The number of nitrogens with two attached hydrogens (primary N) is 1. The third kappa shape index (κ3) is 5.99. The van der Waals surface area contributed by atoms with Crippen molar-refractivity contribution in [1.29, 1.82) is 0 Å². The number of primary amides is 1. The zero-order valence-corrected chi connectivity index (χ0v) is 16.5. The lowest BCUT2D eigenvalue weighted by Gasteiger charge is -2.34.